The van der Waals surface area contributed by atoms with Crippen molar-refractivity contribution in [2.45, 2.75) is 0 Å². The molecule has 3 aromatic rings. The zero-order chi connectivity index (χ0) is 12.5. The molecule has 0 fully saturated rings. The van der Waals surface area contributed by atoms with Crippen molar-refractivity contribution in [3.63, 3.8) is 0 Å². The molecule has 0 unspecified atom stereocenters. The summed E-state index contributed by atoms with van der Waals surface area (Å²) in [5.74, 6) is 0. The Kier molecular flexibility index (Phi) is 2.60. The monoisotopic (exact) mass is 254 g/mol. The molecule has 0 N–H and O–H groups in total. The maximum Gasteiger partial charge on any atom is 0.182 e. The largest absolute Gasteiger partial charge is 0.325 e. The van der Waals surface area contributed by atoms with E-state index in [1.54, 1.807) is 17.1 Å². The Morgan fingerprint density at radius 2 is 1.89 bits per heavy atom. The number of rotatable bonds is 1. The van der Waals surface area contributed by atoms with E-state index in [-0.39, 0.29) is 0 Å². The van der Waals surface area contributed by atoms with Crippen LogP contribution in [0.5, 0.6) is 0 Å². The number of aromatic nitrogens is 4. The predicted molar refractivity (Wildman–Crippen MR) is 72.6 cm³/mol. The number of benzene rings is 1. The number of hydrogen-bond acceptors (Lipinski definition) is 4. The van der Waals surface area contributed by atoms with Crippen molar-refractivity contribution in [1.29, 1.82) is 0 Å². The number of fused-ring (bicyclic) bond motifs is 1. The molecule has 0 aliphatic carbocycles. The summed E-state index contributed by atoms with van der Waals surface area (Å²) in [6.07, 6.45) is 3.38. The van der Waals surface area contributed by atoms with E-state index in [4.69, 9.17) is 12.2 Å². The van der Waals surface area contributed by atoms with Crippen molar-refractivity contribution in [1.82, 2.24) is 19.5 Å². The van der Waals surface area contributed by atoms with E-state index in [1.165, 1.54) is 0 Å². The maximum absolute atomic E-state index is 5.32. The van der Waals surface area contributed by atoms with Gasteiger partial charge in [0.15, 0.2) is 5.65 Å². The van der Waals surface area contributed by atoms with Gasteiger partial charge < -0.3 is 4.57 Å². The fourth-order valence-corrected chi connectivity index (χ4v) is 1.91. The van der Waals surface area contributed by atoms with E-state index in [0.29, 0.717) is 15.8 Å². The third kappa shape index (κ3) is 1.78. The van der Waals surface area contributed by atoms with Gasteiger partial charge in [-0.05, 0) is 0 Å². The summed E-state index contributed by atoms with van der Waals surface area (Å²) in [6.45, 7) is 0. The highest BCUT2D eigenvalue weighted by Crippen LogP contribution is 2.18. The first-order valence-corrected chi connectivity index (χ1v) is 5.90. The molecule has 1 aromatic carbocycles. The molecule has 0 aliphatic rings. The van der Waals surface area contributed by atoms with Crippen LogP contribution >= 0.6 is 12.2 Å². The molecule has 2 aromatic heterocycles. The highest BCUT2D eigenvalue weighted by atomic mass is 32.1. The third-order valence-corrected chi connectivity index (χ3v) is 3.18. The quantitative estimate of drug-likeness (QED) is 0.626. The van der Waals surface area contributed by atoms with Crippen LogP contribution in [0.3, 0.4) is 0 Å². The van der Waals surface area contributed by atoms with E-state index >= 15 is 0 Å². The van der Waals surface area contributed by atoms with E-state index in [0.717, 1.165) is 11.3 Å². The standard InChI is InChI=1S/C13H10N4S/c1-17-8-15-12-11(13(17)18)16-10(7-14-12)9-5-3-2-4-6-9/h2-8H,1H3. The topological polar surface area (TPSA) is 43.6 Å². The molecule has 0 spiro atoms. The molecular formula is C13H10N4S. The minimum atomic E-state index is 0.581. The van der Waals surface area contributed by atoms with Crippen molar-refractivity contribution in [3.8, 4) is 11.3 Å². The Morgan fingerprint density at radius 3 is 2.67 bits per heavy atom. The smallest absolute Gasteiger partial charge is 0.182 e. The Bertz CT molecular complexity index is 765. The van der Waals surface area contributed by atoms with E-state index in [9.17, 15) is 0 Å². The molecule has 0 radical (unpaired) electrons. The second kappa shape index (κ2) is 4.27. The second-order valence-corrected chi connectivity index (χ2v) is 4.34. The molecule has 18 heavy (non-hydrogen) atoms. The van der Waals surface area contributed by atoms with E-state index < -0.39 is 0 Å². The lowest BCUT2D eigenvalue weighted by Gasteiger charge is -2.04. The lowest BCUT2D eigenvalue weighted by molar-refractivity contribution is 0.858. The molecule has 0 aliphatic heterocycles. The molecule has 0 saturated heterocycles. The summed E-state index contributed by atoms with van der Waals surface area (Å²) in [7, 11) is 1.85. The van der Waals surface area contributed by atoms with Crippen LogP contribution in [-0.4, -0.2) is 19.5 Å². The van der Waals surface area contributed by atoms with Crippen LogP contribution in [0.1, 0.15) is 0 Å². The van der Waals surface area contributed by atoms with Crippen LogP contribution < -0.4 is 0 Å². The molecule has 3 rings (SSSR count). The minimum absolute atomic E-state index is 0.581. The average molecular weight is 254 g/mol. The summed E-state index contributed by atoms with van der Waals surface area (Å²) in [5, 5.41) is 0. The molecule has 0 saturated carbocycles. The van der Waals surface area contributed by atoms with Gasteiger partial charge in [-0.2, -0.15) is 0 Å². The Morgan fingerprint density at radius 1 is 1.11 bits per heavy atom. The zero-order valence-corrected chi connectivity index (χ0v) is 10.6. The van der Waals surface area contributed by atoms with Gasteiger partial charge in [0, 0.05) is 12.6 Å². The fourth-order valence-electron chi connectivity index (χ4n) is 1.73. The van der Waals surface area contributed by atoms with Crippen LogP contribution in [-0.2, 0) is 7.05 Å². The van der Waals surface area contributed by atoms with E-state index in [1.807, 2.05) is 37.4 Å². The number of nitrogens with zero attached hydrogens (tertiary/aromatic N) is 4. The van der Waals surface area contributed by atoms with Crippen LogP contribution in [0.15, 0.2) is 42.9 Å². The van der Waals surface area contributed by atoms with Crippen molar-refractivity contribution < 1.29 is 0 Å². The molecular weight excluding hydrogens is 244 g/mol. The number of aryl methyl sites for hydroxylation is 1. The lowest BCUT2D eigenvalue weighted by Crippen LogP contribution is -1.99. The SMILES string of the molecule is Cn1cnc2ncc(-c3ccccc3)nc2c1=S. The summed E-state index contributed by atoms with van der Waals surface area (Å²) in [4.78, 5) is 13.1. The maximum atomic E-state index is 5.32. The van der Waals surface area contributed by atoms with Gasteiger partial charge in [-0.25, -0.2) is 15.0 Å². The van der Waals surface area contributed by atoms with Gasteiger partial charge in [-0.1, -0.05) is 42.5 Å². The first kappa shape index (κ1) is 11.0. The average Bonchev–Trinajstić information content (AvgIpc) is 2.44. The first-order chi connectivity index (χ1) is 8.75. The summed E-state index contributed by atoms with van der Waals surface area (Å²) in [6, 6.07) is 9.90. The normalized spacial score (nSPS) is 10.7. The first-order valence-electron chi connectivity index (χ1n) is 5.49. The van der Waals surface area contributed by atoms with Crippen molar-refractivity contribution >= 4 is 23.4 Å². The van der Waals surface area contributed by atoms with Gasteiger partial charge in [0.25, 0.3) is 0 Å². The second-order valence-electron chi connectivity index (χ2n) is 3.95. The lowest BCUT2D eigenvalue weighted by atomic mass is 10.2. The Labute approximate surface area is 109 Å². The van der Waals surface area contributed by atoms with Crippen LogP contribution in [0, 0.1) is 4.64 Å². The van der Waals surface area contributed by atoms with Crippen molar-refractivity contribution in [3.05, 3.63) is 47.5 Å². The fraction of sp³-hybridized carbons (Fsp3) is 0.0769. The van der Waals surface area contributed by atoms with Gasteiger partial charge >= 0.3 is 0 Å². The molecule has 0 amide bonds. The molecule has 4 nitrogen and oxygen atoms in total. The predicted octanol–water partition coefficient (Wildman–Crippen LogP) is 2.76. The highest BCUT2D eigenvalue weighted by Gasteiger charge is 2.05. The molecule has 0 atom stereocenters. The van der Waals surface area contributed by atoms with Gasteiger partial charge in [0.05, 0.1) is 18.2 Å². The molecule has 5 heteroatoms. The van der Waals surface area contributed by atoms with Crippen LogP contribution in [0.4, 0.5) is 0 Å². The Balaban J connectivity index is 2.29. The summed E-state index contributed by atoms with van der Waals surface area (Å²) >= 11 is 5.32. The van der Waals surface area contributed by atoms with Crippen molar-refractivity contribution in [2.75, 3.05) is 0 Å². The van der Waals surface area contributed by atoms with Crippen molar-refractivity contribution in [2.24, 2.45) is 7.05 Å². The Hall–Kier alpha value is -2.14. The molecule has 2 heterocycles. The third-order valence-electron chi connectivity index (χ3n) is 2.70. The molecule has 0 bridgehead atoms. The highest BCUT2D eigenvalue weighted by molar-refractivity contribution is 7.71. The van der Waals surface area contributed by atoms with Gasteiger partial charge in [-0.3, -0.25) is 0 Å². The number of hydrogen-bond donors (Lipinski definition) is 0. The zero-order valence-electron chi connectivity index (χ0n) is 9.74. The van der Waals surface area contributed by atoms with Gasteiger partial charge in [0.1, 0.15) is 10.2 Å². The minimum Gasteiger partial charge on any atom is -0.325 e. The van der Waals surface area contributed by atoms with Gasteiger partial charge in [-0.15, -0.1) is 0 Å². The van der Waals surface area contributed by atoms with E-state index in [2.05, 4.69) is 15.0 Å². The summed E-state index contributed by atoms with van der Waals surface area (Å²) in [5.41, 5.74) is 3.07. The van der Waals surface area contributed by atoms with Crippen LogP contribution in [0.2, 0.25) is 0 Å². The van der Waals surface area contributed by atoms with Crippen LogP contribution in [0.25, 0.3) is 22.4 Å². The molecule has 88 valence electrons. The van der Waals surface area contributed by atoms with Gasteiger partial charge in [0.2, 0.25) is 0 Å². The summed E-state index contributed by atoms with van der Waals surface area (Å²) < 4.78 is 2.41.